The second kappa shape index (κ2) is 16.8. The van der Waals surface area contributed by atoms with E-state index in [4.69, 9.17) is 10.1 Å². The number of anilines is 5. The SMILES string of the molecule is Cc1cccc(C)c1Nc1nn(C)c2nc(Nc3ccc4c(c3)CN(CC3CCN(C(=O)Cc5cccc(NC6=CC(=O)N(C7CCCNC7=O)C6=O)c5)CC3)CC4)ncc12. The van der Waals surface area contributed by atoms with Crippen molar-refractivity contribution in [3.63, 3.8) is 0 Å². The van der Waals surface area contributed by atoms with Crippen molar-refractivity contribution < 1.29 is 19.2 Å². The van der Waals surface area contributed by atoms with E-state index in [-0.39, 0.29) is 23.9 Å². The first-order chi connectivity index (χ1) is 29.6. The van der Waals surface area contributed by atoms with Gasteiger partial charge in [0.1, 0.15) is 11.7 Å². The number of hydrogen-bond donors (Lipinski definition) is 4. The highest BCUT2D eigenvalue weighted by Gasteiger charge is 2.41. The van der Waals surface area contributed by atoms with E-state index in [2.05, 4.69) is 81.4 Å². The molecule has 0 bridgehead atoms. The molecule has 5 aromatic rings. The number of nitrogens with one attached hydrogen (secondary N) is 4. The number of hydrogen-bond acceptors (Lipinski definition) is 11. The maximum atomic E-state index is 13.5. The van der Waals surface area contributed by atoms with Crippen LogP contribution in [-0.2, 0) is 45.6 Å². The number of amides is 4. The summed E-state index contributed by atoms with van der Waals surface area (Å²) in [5.41, 5.74) is 9.22. The number of imide groups is 1. The lowest BCUT2D eigenvalue weighted by Gasteiger charge is -2.36. The monoisotopic (exact) mass is 821 g/mol. The van der Waals surface area contributed by atoms with Gasteiger partial charge >= 0.3 is 0 Å². The van der Waals surface area contributed by atoms with Gasteiger partial charge in [0.25, 0.3) is 11.8 Å². The second-order valence-corrected chi connectivity index (χ2v) is 16.7. The van der Waals surface area contributed by atoms with Gasteiger partial charge in [-0.2, -0.15) is 10.1 Å². The van der Waals surface area contributed by atoms with Gasteiger partial charge in [-0.1, -0.05) is 36.4 Å². The van der Waals surface area contributed by atoms with E-state index < -0.39 is 17.9 Å². The lowest BCUT2D eigenvalue weighted by molar-refractivity contribution is -0.146. The molecule has 4 N–H and O–H groups in total. The molecule has 1 unspecified atom stereocenters. The smallest absolute Gasteiger partial charge is 0.278 e. The van der Waals surface area contributed by atoms with Crippen molar-refractivity contribution in [3.8, 4) is 0 Å². The number of aromatic nitrogens is 4. The van der Waals surface area contributed by atoms with E-state index in [9.17, 15) is 19.2 Å². The molecule has 2 fully saturated rings. The topological polar surface area (TPSA) is 170 Å². The minimum absolute atomic E-state index is 0.0735. The first kappa shape index (κ1) is 39.8. The quantitative estimate of drug-likeness (QED) is 0.129. The molecule has 0 radical (unpaired) electrons. The Hall–Kier alpha value is -6.61. The largest absolute Gasteiger partial charge is 0.354 e. The summed E-state index contributed by atoms with van der Waals surface area (Å²) in [5, 5.41) is 18.3. The zero-order valence-electron chi connectivity index (χ0n) is 34.8. The van der Waals surface area contributed by atoms with Gasteiger partial charge < -0.3 is 26.2 Å². The van der Waals surface area contributed by atoms with Crippen LogP contribution in [0.25, 0.3) is 11.0 Å². The molecule has 4 amide bonds. The van der Waals surface area contributed by atoms with Gasteiger partial charge in [0.05, 0.1) is 11.8 Å². The Morgan fingerprint density at radius 1 is 0.885 bits per heavy atom. The highest BCUT2D eigenvalue weighted by atomic mass is 16.2. The van der Waals surface area contributed by atoms with Gasteiger partial charge in [0.2, 0.25) is 17.8 Å². The molecule has 1 atom stereocenters. The molecule has 2 saturated heterocycles. The highest BCUT2D eigenvalue weighted by Crippen LogP contribution is 2.31. The maximum Gasteiger partial charge on any atom is 0.278 e. The van der Waals surface area contributed by atoms with Crippen LogP contribution in [0.2, 0.25) is 0 Å². The fourth-order valence-corrected chi connectivity index (χ4v) is 9.10. The summed E-state index contributed by atoms with van der Waals surface area (Å²) in [6.07, 6.45) is 7.35. The van der Waals surface area contributed by atoms with Gasteiger partial charge in [-0.3, -0.25) is 29.0 Å². The number of carbonyl (C=O) groups excluding carboxylic acids is 4. The molecule has 15 nitrogen and oxygen atoms in total. The van der Waals surface area contributed by atoms with E-state index >= 15 is 0 Å². The predicted molar refractivity (Wildman–Crippen MR) is 233 cm³/mol. The standard InChI is InChI=1S/C46H51N11O4/c1-28-7-4-8-29(2)41(28)51-42-36-25-48-46(52-43(36)54(3)53-42)50-35-13-12-32-16-18-55(27-33(32)23-35)26-30-14-19-56(20-15-30)39(58)22-31-9-5-10-34(21-31)49-37-24-40(59)57(45(37)61)38-11-6-17-47-44(38)60/h4-5,7-10,12-13,21,23-25,30,38,49H,6,11,14-20,22,26-27H2,1-3H3,(H,47,60)(H,51,53)(H,48,50,52). The fraction of sp³-hybridized carbons (Fsp3) is 0.370. The molecule has 3 aromatic carbocycles. The summed E-state index contributed by atoms with van der Waals surface area (Å²) < 4.78 is 1.78. The molecule has 0 spiro atoms. The summed E-state index contributed by atoms with van der Waals surface area (Å²) in [6.45, 7) is 9.01. The summed E-state index contributed by atoms with van der Waals surface area (Å²) in [7, 11) is 1.89. The summed E-state index contributed by atoms with van der Waals surface area (Å²) in [4.78, 5) is 66.7. The molecule has 9 rings (SSSR count). The van der Waals surface area contributed by atoms with Crippen molar-refractivity contribution in [2.45, 2.75) is 65.0 Å². The summed E-state index contributed by atoms with van der Waals surface area (Å²) >= 11 is 0. The molecular formula is C46H51N11O4. The van der Waals surface area contributed by atoms with Crippen LogP contribution in [0.5, 0.6) is 0 Å². The van der Waals surface area contributed by atoms with Crippen LogP contribution in [0.1, 0.15) is 53.5 Å². The first-order valence-electron chi connectivity index (χ1n) is 21.2. The average molecular weight is 822 g/mol. The Kier molecular flexibility index (Phi) is 11.0. The third-order valence-corrected chi connectivity index (χ3v) is 12.4. The number of benzene rings is 3. The molecular weight excluding hydrogens is 771 g/mol. The third kappa shape index (κ3) is 8.42. The van der Waals surface area contributed by atoms with Gasteiger partial charge in [-0.15, -0.1) is 0 Å². The van der Waals surface area contributed by atoms with Crippen LogP contribution in [0.3, 0.4) is 0 Å². The predicted octanol–water partition coefficient (Wildman–Crippen LogP) is 5.25. The van der Waals surface area contributed by atoms with Crippen LogP contribution in [0.4, 0.5) is 28.8 Å². The molecule has 0 aliphatic carbocycles. The Morgan fingerprint density at radius 2 is 1.67 bits per heavy atom. The molecule has 61 heavy (non-hydrogen) atoms. The van der Waals surface area contributed by atoms with E-state index in [1.807, 2.05) is 36.3 Å². The second-order valence-electron chi connectivity index (χ2n) is 16.7. The number of rotatable bonds is 11. The van der Waals surface area contributed by atoms with Crippen molar-refractivity contribution in [1.29, 1.82) is 0 Å². The zero-order chi connectivity index (χ0) is 42.2. The number of piperidine rings is 2. The van der Waals surface area contributed by atoms with Gasteiger partial charge in [-0.05, 0) is 104 Å². The number of para-hydroxylation sites is 1. The van der Waals surface area contributed by atoms with Crippen molar-refractivity contribution >= 4 is 63.5 Å². The lowest BCUT2D eigenvalue weighted by atomic mass is 9.93. The van der Waals surface area contributed by atoms with Crippen LogP contribution in [0.15, 0.2) is 78.6 Å². The van der Waals surface area contributed by atoms with Gasteiger partial charge in [-0.25, -0.2) is 9.67 Å². The summed E-state index contributed by atoms with van der Waals surface area (Å²) in [5.74, 6) is 0.492. The lowest BCUT2D eigenvalue weighted by Crippen LogP contribution is -2.53. The summed E-state index contributed by atoms with van der Waals surface area (Å²) in [6, 6.07) is 19.3. The van der Waals surface area contributed by atoms with Crippen molar-refractivity contribution in [2.75, 3.05) is 48.7 Å². The Bertz CT molecular complexity index is 2560. The van der Waals surface area contributed by atoms with E-state index in [1.165, 1.54) is 17.2 Å². The van der Waals surface area contributed by atoms with Crippen molar-refractivity contribution in [3.05, 3.63) is 106 Å². The third-order valence-electron chi connectivity index (χ3n) is 12.4. The number of nitrogens with zero attached hydrogens (tertiary/aromatic N) is 7. The van der Waals surface area contributed by atoms with Crippen molar-refractivity contribution in [1.82, 2.24) is 39.8 Å². The molecule has 2 aromatic heterocycles. The molecule has 4 aliphatic heterocycles. The molecule has 314 valence electrons. The molecule has 4 aliphatic rings. The minimum atomic E-state index is -0.797. The minimum Gasteiger partial charge on any atom is -0.354 e. The van der Waals surface area contributed by atoms with Crippen LogP contribution in [0, 0.1) is 19.8 Å². The Morgan fingerprint density at radius 3 is 2.48 bits per heavy atom. The van der Waals surface area contributed by atoms with Gasteiger partial charge in [0, 0.05) is 75.7 Å². The molecule has 6 heterocycles. The maximum absolute atomic E-state index is 13.5. The number of carbonyl (C=O) groups is 4. The number of aryl methyl sites for hydroxylation is 3. The van der Waals surface area contributed by atoms with Crippen LogP contribution >= 0.6 is 0 Å². The normalized spacial score (nSPS) is 18.6. The highest BCUT2D eigenvalue weighted by molar-refractivity contribution is 6.19. The number of fused-ring (bicyclic) bond motifs is 2. The fourth-order valence-electron chi connectivity index (χ4n) is 9.10. The zero-order valence-corrected chi connectivity index (χ0v) is 34.8. The Balaban J connectivity index is 0.759. The number of likely N-dealkylation sites (tertiary alicyclic amines) is 1. The Labute approximate surface area is 354 Å². The van der Waals surface area contributed by atoms with E-state index in [1.54, 1.807) is 10.7 Å². The average Bonchev–Trinajstić information content (AvgIpc) is 3.71. The van der Waals surface area contributed by atoms with Gasteiger partial charge in [0.15, 0.2) is 11.5 Å². The molecule has 15 heteroatoms. The van der Waals surface area contributed by atoms with Crippen molar-refractivity contribution in [2.24, 2.45) is 13.0 Å². The van der Waals surface area contributed by atoms with E-state index in [0.29, 0.717) is 36.9 Å². The van der Waals surface area contributed by atoms with Crippen LogP contribution < -0.4 is 21.3 Å². The van der Waals surface area contributed by atoms with Crippen LogP contribution in [-0.4, -0.2) is 96.8 Å². The first-order valence-corrected chi connectivity index (χ1v) is 21.2. The molecule has 0 saturated carbocycles. The van der Waals surface area contributed by atoms with E-state index in [0.717, 1.165) is 102 Å².